The summed E-state index contributed by atoms with van der Waals surface area (Å²) in [5.74, 6) is -0.653. The second-order valence-electron chi connectivity index (χ2n) is 17.4. The van der Waals surface area contributed by atoms with Crippen molar-refractivity contribution in [2.24, 2.45) is 17.6 Å². The van der Waals surface area contributed by atoms with E-state index in [1.807, 2.05) is 0 Å². The van der Waals surface area contributed by atoms with E-state index in [0.717, 1.165) is 56.1 Å². The molecule has 8 heterocycles. The molecule has 8 fully saturated rings. The third kappa shape index (κ3) is 7.86. The summed E-state index contributed by atoms with van der Waals surface area (Å²) in [5, 5.41) is 10.5. The Morgan fingerprint density at radius 1 is 0.811 bits per heavy atom. The average Bonchev–Trinajstić information content (AvgIpc) is 3.77. The minimum Gasteiger partial charge on any atom is -0.392 e. The maximum atomic E-state index is 14.1. The van der Waals surface area contributed by atoms with E-state index >= 15 is 0 Å². The van der Waals surface area contributed by atoms with Gasteiger partial charge in [0.1, 0.15) is 18.0 Å². The van der Waals surface area contributed by atoms with Gasteiger partial charge in [-0.15, -0.1) is 0 Å². The highest BCUT2D eigenvalue weighted by Crippen LogP contribution is 2.50. The lowest BCUT2D eigenvalue weighted by Gasteiger charge is -2.47. The third-order valence-electron chi connectivity index (χ3n) is 13.9. The molecule has 0 amide bonds. The average molecular weight is 746 g/mol. The van der Waals surface area contributed by atoms with Crippen LogP contribution in [-0.4, -0.2) is 129 Å². The van der Waals surface area contributed by atoms with Gasteiger partial charge >= 0.3 is 0 Å². The van der Waals surface area contributed by atoms with Crippen LogP contribution in [0.2, 0.25) is 0 Å². The Bertz CT molecular complexity index is 1350. The molecule has 8 aliphatic rings. The number of carbonyl (C=O) groups is 1. The fourth-order valence-corrected chi connectivity index (χ4v) is 11.0. The summed E-state index contributed by atoms with van der Waals surface area (Å²) >= 11 is 0. The quantitative estimate of drug-likeness (QED) is 0.391. The molecule has 8 aliphatic heterocycles. The number of aliphatic hydroxyl groups excluding tert-OH is 1. The van der Waals surface area contributed by atoms with Crippen molar-refractivity contribution in [2.45, 2.75) is 194 Å². The Morgan fingerprint density at radius 2 is 1.60 bits per heavy atom. The number of fused-ring (bicyclic) bond motifs is 9. The van der Waals surface area contributed by atoms with Crippen LogP contribution >= 0.6 is 0 Å². The molecule has 12 nitrogen and oxygen atoms in total. The minimum atomic E-state index is -0.820. The topological polar surface area (TPSA) is 146 Å². The van der Waals surface area contributed by atoms with Gasteiger partial charge in [0.2, 0.25) is 0 Å². The van der Waals surface area contributed by atoms with Crippen LogP contribution in [0.5, 0.6) is 0 Å². The van der Waals surface area contributed by atoms with Crippen LogP contribution in [0, 0.1) is 11.8 Å². The first-order valence-electron chi connectivity index (χ1n) is 20.5. The van der Waals surface area contributed by atoms with Crippen LogP contribution < -0.4 is 5.73 Å². The molecule has 0 aliphatic carbocycles. The van der Waals surface area contributed by atoms with Gasteiger partial charge in [0.05, 0.1) is 79.4 Å². The minimum absolute atomic E-state index is 0.0245. The van der Waals surface area contributed by atoms with Crippen LogP contribution in [0.15, 0.2) is 24.3 Å². The predicted molar refractivity (Wildman–Crippen MR) is 193 cm³/mol. The summed E-state index contributed by atoms with van der Waals surface area (Å²) in [5.41, 5.74) is 8.01. The van der Waals surface area contributed by atoms with Crippen LogP contribution in [0.25, 0.3) is 0 Å². The molecule has 0 saturated carbocycles. The monoisotopic (exact) mass is 745 g/mol. The molecular formula is C41H63NO11. The van der Waals surface area contributed by atoms with E-state index in [9.17, 15) is 9.90 Å². The molecule has 18 atom stereocenters. The van der Waals surface area contributed by atoms with Gasteiger partial charge in [-0.05, 0) is 62.0 Å². The zero-order valence-corrected chi connectivity index (χ0v) is 31.9. The van der Waals surface area contributed by atoms with E-state index in [0.29, 0.717) is 38.5 Å². The first-order valence-corrected chi connectivity index (χ1v) is 20.5. The standard InChI is InChI=1S/C41H63NO11/c1-21-12-26-6-8-30-22(2)13-28(47-30)10-11-41-19-37(45-4)40(53-41)35-18-36(52-41)39-31(50-35)9-7-27(49-39)14-24(43)15-29-33(17-32(48-26)23(21)3)51-34(38(29)46-5)16-25(44)20-42/h21,25-40,44H,2-3,6-20,42H2,1,4-5H3/t21-,25?,26+,27?,28?,29?,30+,31?,32-,33+,34-,35-,36?,37?,38-,39+,40?,41-/m1/s1. The lowest BCUT2D eigenvalue weighted by molar-refractivity contribution is -0.277. The van der Waals surface area contributed by atoms with Crippen LogP contribution in [0.1, 0.15) is 96.8 Å². The molecule has 0 radical (unpaired) electrons. The van der Waals surface area contributed by atoms with Gasteiger partial charge in [-0.3, -0.25) is 4.79 Å². The fraction of sp³-hybridized carbons (Fsp3) is 0.878. The number of ether oxygens (including phenoxy) is 9. The Labute approximate surface area is 314 Å². The number of aliphatic hydroxyl groups is 1. The van der Waals surface area contributed by atoms with Crippen molar-refractivity contribution in [3.8, 4) is 0 Å². The molecule has 1 spiro atoms. The molecule has 10 bridgehead atoms. The number of carbonyl (C=O) groups excluding carboxylic acids is 1. The lowest BCUT2D eigenvalue weighted by atomic mass is 9.81. The van der Waals surface area contributed by atoms with Crippen LogP contribution in [0.3, 0.4) is 0 Å². The fourth-order valence-electron chi connectivity index (χ4n) is 11.0. The maximum Gasteiger partial charge on any atom is 0.172 e. The van der Waals surface area contributed by atoms with Gasteiger partial charge in [-0.25, -0.2) is 0 Å². The van der Waals surface area contributed by atoms with Crippen molar-refractivity contribution in [2.75, 3.05) is 20.8 Å². The number of hydrogen-bond donors (Lipinski definition) is 2. The van der Waals surface area contributed by atoms with E-state index < -0.39 is 18.0 Å². The molecule has 8 rings (SSSR count). The van der Waals surface area contributed by atoms with Crippen LogP contribution in [0.4, 0.5) is 0 Å². The van der Waals surface area contributed by atoms with E-state index in [2.05, 4.69) is 20.1 Å². The highest BCUT2D eigenvalue weighted by molar-refractivity contribution is 5.79. The van der Waals surface area contributed by atoms with Gasteiger partial charge in [0.15, 0.2) is 5.79 Å². The summed E-state index contributed by atoms with van der Waals surface area (Å²) in [6.45, 7) is 11.3. The number of Topliss-reactive ketones (excluding diaryl/α,β-unsaturated/α-hetero) is 1. The van der Waals surface area contributed by atoms with Gasteiger partial charge < -0.3 is 53.5 Å². The smallest absolute Gasteiger partial charge is 0.172 e. The van der Waals surface area contributed by atoms with E-state index in [1.54, 1.807) is 14.2 Å². The lowest BCUT2D eigenvalue weighted by Crippen LogP contribution is -2.58. The molecule has 53 heavy (non-hydrogen) atoms. The van der Waals surface area contributed by atoms with Crippen molar-refractivity contribution < 1.29 is 52.5 Å². The number of ketones is 1. The molecular weight excluding hydrogens is 682 g/mol. The second kappa shape index (κ2) is 15.9. The molecule has 298 valence electrons. The molecule has 3 N–H and O–H groups in total. The van der Waals surface area contributed by atoms with E-state index in [1.165, 1.54) is 0 Å². The van der Waals surface area contributed by atoms with Crippen molar-refractivity contribution in [3.63, 3.8) is 0 Å². The SMILES string of the molecule is C=C1CC2CC[C@]34CC(OC)C(O3)[C@H]3CC(O4)[C@H]4OC(CCC4O3)CC(=O)CC3[C@H](C[C@H]4O[C@@H](CC[C@@H]1O2)C[C@@H](C)C4=C)O[C@H](CC(O)CN)[C@@H]3OC. The van der Waals surface area contributed by atoms with Crippen molar-refractivity contribution >= 4 is 5.78 Å². The summed E-state index contributed by atoms with van der Waals surface area (Å²) in [6.07, 6.45) is 5.80. The Balaban J connectivity index is 1.06. The Kier molecular flexibility index (Phi) is 11.6. The predicted octanol–water partition coefficient (Wildman–Crippen LogP) is 4.08. The molecule has 0 aromatic heterocycles. The van der Waals surface area contributed by atoms with E-state index in [-0.39, 0.29) is 110 Å². The van der Waals surface area contributed by atoms with E-state index in [4.69, 9.17) is 48.4 Å². The highest BCUT2D eigenvalue weighted by atomic mass is 16.7. The third-order valence-corrected chi connectivity index (χ3v) is 13.9. The Morgan fingerprint density at radius 3 is 2.40 bits per heavy atom. The number of hydrogen-bond acceptors (Lipinski definition) is 12. The zero-order chi connectivity index (χ0) is 37.0. The first-order chi connectivity index (χ1) is 25.5. The number of methoxy groups -OCH3 is 2. The van der Waals surface area contributed by atoms with Gasteiger partial charge in [-0.1, -0.05) is 20.1 Å². The number of rotatable bonds is 5. The molecule has 8 saturated heterocycles. The second-order valence-corrected chi connectivity index (χ2v) is 17.4. The summed E-state index contributed by atoms with van der Waals surface area (Å²) < 4.78 is 59.5. The van der Waals surface area contributed by atoms with Crippen LogP contribution in [-0.2, 0) is 47.4 Å². The highest BCUT2D eigenvalue weighted by Gasteiger charge is 2.60. The van der Waals surface area contributed by atoms with Gasteiger partial charge in [-0.2, -0.15) is 0 Å². The maximum absolute atomic E-state index is 14.1. The molecule has 0 aromatic rings. The van der Waals surface area contributed by atoms with Gasteiger partial charge in [0, 0.05) is 71.6 Å². The van der Waals surface area contributed by atoms with Gasteiger partial charge in [0.25, 0.3) is 0 Å². The zero-order valence-electron chi connectivity index (χ0n) is 31.9. The molecule has 8 unspecified atom stereocenters. The van der Waals surface area contributed by atoms with Crippen molar-refractivity contribution in [1.82, 2.24) is 0 Å². The van der Waals surface area contributed by atoms with Crippen molar-refractivity contribution in [3.05, 3.63) is 24.3 Å². The number of nitrogens with two attached hydrogens (primary N) is 1. The normalized spacial score (nSPS) is 49.6. The summed E-state index contributed by atoms with van der Waals surface area (Å²) in [7, 11) is 3.40. The molecule has 0 aromatic carbocycles. The summed E-state index contributed by atoms with van der Waals surface area (Å²) in [4.78, 5) is 14.1. The largest absolute Gasteiger partial charge is 0.392 e. The Hall–Kier alpha value is -1.29. The van der Waals surface area contributed by atoms with Crippen molar-refractivity contribution in [1.29, 1.82) is 0 Å². The molecule has 12 heteroatoms. The first kappa shape index (κ1) is 38.6. The summed E-state index contributed by atoms with van der Waals surface area (Å²) in [6, 6.07) is 0.